The van der Waals surface area contributed by atoms with Gasteiger partial charge in [0, 0.05) is 40.2 Å². The normalized spacial score (nSPS) is 11.8. The smallest absolute Gasteiger partial charge is 0.225 e. The van der Waals surface area contributed by atoms with E-state index in [0.29, 0.717) is 12.0 Å². The zero-order valence-electron chi connectivity index (χ0n) is 15.1. The number of halogens is 1. The van der Waals surface area contributed by atoms with Gasteiger partial charge in [0.2, 0.25) is 5.95 Å². The molecule has 0 aliphatic heterocycles. The van der Waals surface area contributed by atoms with Crippen molar-refractivity contribution in [2.45, 2.75) is 33.2 Å². The molecule has 2 heterocycles. The van der Waals surface area contributed by atoms with Gasteiger partial charge in [-0.2, -0.15) is 4.98 Å². The molecule has 0 saturated carbocycles. The first-order chi connectivity index (χ1) is 12.5. The Morgan fingerprint density at radius 2 is 1.85 bits per heavy atom. The minimum absolute atomic E-state index is 0.296. The van der Waals surface area contributed by atoms with Crippen LogP contribution >= 0.6 is 15.9 Å². The topological polar surface area (TPSA) is 62.7 Å². The van der Waals surface area contributed by atoms with Crippen LogP contribution in [-0.4, -0.2) is 21.0 Å². The lowest BCUT2D eigenvalue weighted by Crippen LogP contribution is -2.16. The van der Waals surface area contributed by atoms with Crippen LogP contribution in [0.5, 0.6) is 0 Å². The summed E-state index contributed by atoms with van der Waals surface area (Å²) >= 11 is 3.50. The predicted octanol–water partition coefficient (Wildman–Crippen LogP) is 5.56. The molecule has 6 heteroatoms. The fourth-order valence-electron chi connectivity index (χ4n) is 2.47. The van der Waals surface area contributed by atoms with Gasteiger partial charge in [-0.05, 0) is 56.2 Å². The molecule has 0 saturated heterocycles. The lowest BCUT2D eigenvalue weighted by Gasteiger charge is -2.15. The highest BCUT2D eigenvalue weighted by Gasteiger charge is 2.10. The first-order valence-corrected chi connectivity index (χ1v) is 9.43. The van der Waals surface area contributed by atoms with E-state index in [-0.39, 0.29) is 0 Å². The van der Waals surface area contributed by atoms with Crippen molar-refractivity contribution in [3.63, 3.8) is 0 Å². The minimum Gasteiger partial charge on any atom is -0.352 e. The maximum atomic E-state index is 4.67. The van der Waals surface area contributed by atoms with Gasteiger partial charge in [0.1, 0.15) is 5.82 Å². The molecular formula is C20H22BrN5. The van der Waals surface area contributed by atoms with E-state index >= 15 is 0 Å². The lowest BCUT2D eigenvalue weighted by atomic mass is 10.2. The molecule has 0 radical (unpaired) electrons. The number of nitrogens with zero attached hydrogens (tertiary/aromatic N) is 3. The van der Waals surface area contributed by atoms with Crippen molar-refractivity contribution in [3.8, 4) is 11.3 Å². The molecule has 0 unspecified atom stereocenters. The standard InChI is InChI=1S/C20H22BrN5/c1-4-14(3)23-20-25-18(15-7-9-22-10-8-15)12-19(26-20)24-17-6-5-16(21)11-13(17)2/h5-12,14H,4H2,1-3H3,(H2,23,24,25,26)/t14-/m0/s1. The van der Waals surface area contributed by atoms with Crippen LogP contribution in [0, 0.1) is 6.92 Å². The Labute approximate surface area is 162 Å². The monoisotopic (exact) mass is 411 g/mol. The quantitative estimate of drug-likeness (QED) is 0.555. The number of aryl methyl sites for hydroxylation is 1. The zero-order valence-corrected chi connectivity index (χ0v) is 16.7. The van der Waals surface area contributed by atoms with Gasteiger partial charge in [0.25, 0.3) is 0 Å². The molecule has 1 aromatic carbocycles. The van der Waals surface area contributed by atoms with Crippen LogP contribution in [0.4, 0.5) is 17.5 Å². The summed E-state index contributed by atoms with van der Waals surface area (Å²) in [5, 5.41) is 6.78. The highest BCUT2D eigenvalue weighted by molar-refractivity contribution is 9.10. The van der Waals surface area contributed by atoms with E-state index in [0.717, 1.165) is 39.2 Å². The van der Waals surface area contributed by atoms with Crippen molar-refractivity contribution in [3.05, 3.63) is 58.8 Å². The first-order valence-electron chi connectivity index (χ1n) is 8.64. The van der Waals surface area contributed by atoms with Crippen LogP contribution in [0.2, 0.25) is 0 Å². The fourth-order valence-corrected chi connectivity index (χ4v) is 2.95. The third-order valence-corrected chi connectivity index (χ3v) is 4.63. The summed E-state index contributed by atoms with van der Waals surface area (Å²) in [7, 11) is 0. The number of aromatic nitrogens is 3. The largest absolute Gasteiger partial charge is 0.352 e. The Hall–Kier alpha value is -2.47. The van der Waals surface area contributed by atoms with Gasteiger partial charge >= 0.3 is 0 Å². The van der Waals surface area contributed by atoms with E-state index in [1.165, 1.54) is 0 Å². The zero-order chi connectivity index (χ0) is 18.5. The van der Waals surface area contributed by atoms with Crippen LogP contribution < -0.4 is 10.6 Å². The van der Waals surface area contributed by atoms with E-state index < -0.39 is 0 Å². The Balaban J connectivity index is 1.98. The van der Waals surface area contributed by atoms with E-state index in [9.17, 15) is 0 Å². The third-order valence-electron chi connectivity index (χ3n) is 4.14. The molecule has 3 aromatic rings. The summed E-state index contributed by atoms with van der Waals surface area (Å²) in [4.78, 5) is 13.4. The Bertz CT molecular complexity index is 883. The van der Waals surface area contributed by atoms with Gasteiger partial charge < -0.3 is 10.6 Å². The van der Waals surface area contributed by atoms with Crippen molar-refractivity contribution in [2.75, 3.05) is 10.6 Å². The molecule has 26 heavy (non-hydrogen) atoms. The van der Waals surface area contributed by atoms with Crippen LogP contribution in [0.1, 0.15) is 25.8 Å². The molecule has 0 aliphatic rings. The van der Waals surface area contributed by atoms with Crippen LogP contribution in [-0.2, 0) is 0 Å². The maximum absolute atomic E-state index is 4.67. The fraction of sp³-hybridized carbons (Fsp3) is 0.250. The molecule has 2 aromatic heterocycles. The van der Waals surface area contributed by atoms with Crippen molar-refractivity contribution in [2.24, 2.45) is 0 Å². The Morgan fingerprint density at radius 3 is 2.54 bits per heavy atom. The number of hydrogen-bond donors (Lipinski definition) is 2. The summed E-state index contributed by atoms with van der Waals surface area (Å²) < 4.78 is 1.06. The second kappa shape index (κ2) is 8.27. The number of rotatable bonds is 6. The SMILES string of the molecule is CC[C@H](C)Nc1nc(Nc2ccc(Br)cc2C)cc(-c2ccncc2)n1. The van der Waals surface area contributed by atoms with Gasteiger partial charge in [0.15, 0.2) is 0 Å². The van der Waals surface area contributed by atoms with Crippen molar-refractivity contribution >= 4 is 33.4 Å². The maximum Gasteiger partial charge on any atom is 0.225 e. The highest BCUT2D eigenvalue weighted by Crippen LogP contribution is 2.26. The average Bonchev–Trinajstić information content (AvgIpc) is 2.64. The summed E-state index contributed by atoms with van der Waals surface area (Å²) in [6.07, 6.45) is 4.54. The first kappa shape index (κ1) is 18.3. The molecule has 134 valence electrons. The Kier molecular flexibility index (Phi) is 5.83. The molecule has 0 bridgehead atoms. The Morgan fingerprint density at radius 1 is 1.08 bits per heavy atom. The average molecular weight is 412 g/mol. The molecule has 1 atom stereocenters. The molecular weight excluding hydrogens is 390 g/mol. The third kappa shape index (κ3) is 4.58. The number of nitrogens with one attached hydrogen (secondary N) is 2. The number of anilines is 3. The molecule has 3 rings (SSSR count). The molecule has 2 N–H and O–H groups in total. The van der Waals surface area contributed by atoms with E-state index in [1.54, 1.807) is 12.4 Å². The summed E-state index contributed by atoms with van der Waals surface area (Å²) in [6, 6.07) is 12.3. The van der Waals surface area contributed by atoms with E-state index in [1.807, 2.05) is 30.3 Å². The molecule has 0 spiro atoms. The van der Waals surface area contributed by atoms with Gasteiger partial charge in [-0.3, -0.25) is 4.98 Å². The van der Waals surface area contributed by atoms with E-state index in [2.05, 4.69) is 68.4 Å². The van der Waals surface area contributed by atoms with Crippen LogP contribution in [0.3, 0.4) is 0 Å². The summed E-state index contributed by atoms with van der Waals surface area (Å²) in [5.41, 5.74) is 4.01. The minimum atomic E-state index is 0.296. The summed E-state index contributed by atoms with van der Waals surface area (Å²) in [5.74, 6) is 1.37. The van der Waals surface area contributed by atoms with Gasteiger partial charge in [-0.1, -0.05) is 22.9 Å². The number of pyridine rings is 1. The lowest BCUT2D eigenvalue weighted by molar-refractivity contribution is 0.753. The molecule has 0 aliphatic carbocycles. The van der Waals surface area contributed by atoms with Crippen LogP contribution in [0.25, 0.3) is 11.3 Å². The number of hydrogen-bond acceptors (Lipinski definition) is 5. The van der Waals surface area contributed by atoms with Crippen molar-refractivity contribution in [1.29, 1.82) is 0 Å². The van der Waals surface area contributed by atoms with Crippen molar-refractivity contribution < 1.29 is 0 Å². The second-order valence-electron chi connectivity index (χ2n) is 6.24. The predicted molar refractivity (Wildman–Crippen MR) is 111 cm³/mol. The van der Waals surface area contributed by atoms with Crippen LogP contribution in [0.15, 0.2) is 53.3 Å². The summed E-state index contributed by atoms with van der Waals surface area (Å²) in [6.45, 7) is 6.32. The van der Waals surface area contributed by atoms with Gasteiger partial charge in [-0.25, -0.2) is 4.98 Å². The molecule has 0 fully saturated rings. The highest BCUT2D eigenvalue weighted by atomic mass is 79.9. The number of benzene rings is 1. The molecule has 5 nitrogen and oxygen atoms in total. The van der Waals surface area contributed by atoms with Gasteiger partial charge in [-0.15, -0.1) is 0 Å². The molecule has 0 amide bonds. The van der Waals surface area contributed by atoms with E-state index in [4.69, 9.17) is 0 Å². The second-order valence-corrected chi connectivity index (χ2v) is 7.15. The van der Waals surface area contributed by atoms with Crippen molar-refractivity contribution in [1.82, 2.24) is 15.0 Å². The van der Waals surface area contributed by atoms with Gasteiger partial charge in [0.05, 0.1) is 5.69 Å².